The second-order valence-corrected chi connectivity index (χ2v) is 8.45. The van der Waals surface area contributed by atoms with Crippen molar-refractivity contribution in [2.45, 2.75) is 12.5 Å². The number of nitrogens with zero attached hydrogens (tertiary/aromatic N) is 5. The summed E-state index contributed by atoms with van der Waals surface area (Å²) in [6, 6.07) is 10.6. The number of fused-ring (bicyclic) bond motifs is 1. The first-order chi connectivity index (χ1) is 15.1. The van der Waals surface area contributed by atoms with Gasteiger partial charge in [-0.25, -0.2) is 9.97 Å². The Kier molecular flexibility index (Phi) is 5.33. The SMILES string of the molecule is CN1CCN(c2ccc(-c3cc4ncn(C)c(=O)c4c(N[C@@H]4CCOC4)n3)cc2)CC1. The summed E-state index contributed by atoms with van der Waals surface area (Å²) < 4.78 is 6.98. The minimum absolute atomic E-state index is 0.101. The largest absolute Gasteiger partial charge is 0.379 e. The van der Waals surface area contributed by atoms with Crippen molar-refractivity contribution in [3.63, 3.8) is 0 Å². The normalized spacial score (nSPS) is 19.8. The van der Waals surface area contributed by atoms with E-state index < -0.39 is 0 Å². The van der Waals surface area contributed by atoms with Crippen LogP contribution in [0.15, 0.2) is 41.5 Å². The average Bonchev–Trinajstić information content (AvgIpc) is 3.30. The van der Waals surface area contributed by atoms with Crippen LogP contribution in [0.25, 0.3) is 22.2 Å². The predicted molar refractivity (Wildman–Crippen MR) is 123 cm³/mol. The fraction of sp³-hybridized carbons (Fsp3) is 0.435. The molecule has 1 N–H and O–H groups in total. The second-order valence-electron chi connectivity index (χ2n) is 8.45. The van der Waals surface area contributed by atoms with Crippen LogP contribution in [0.3, 0.4) is 0 Å². The summed E-state index contributed by atoms with van der Waals surface area (Å²) in [4.78, 5) is 26.9. The van der Waals surface area contributed by atoms with Crippen LogP contribution in [0, 0.1) is 0 Å². The van der Waals surface area contributed by atoms with Gasteiger partial charge in [0.05, 0.1) is 30.2 Å². The van der Waals surface area contributed by atoms with Crippen LogP contribution in [0.4, 0.5) is 11.5 Å². The molecule has 3 aromatic rings. The Morgan fingerprint density at radius 3 is 2.58 bits per heavy atom. The van der Waals surface area contributed by atoms with E-state index in [-0.39, 0.29) is 11.6 Å². The lowest BCUT2D eigenvalue weighted by atomic mass is 10.1. The van der Waals surface area contributed by atoms with Crippen LogP contribution in [0.2, 0.25) is 0 Å². The third kappa shape index (κ3) is 4.00. The molecule has 0 saturated carbocycles. The van der Waals surface area contributed by atoms with Crippen molar-refractivity contribution in [3.05, 3.63) is 47.0 Å². The number of likely N-dealkylation sites (N-methyl/N-ethyl adjacent to an activating group) is 1. The topological polar surface area (TPSA) is 75.5 Å². The van der Waals surface area contributed by atoms with E-state index >= 15 is 0 Å². The van der Waals surface area contributed by atoms with Crippen LogP contribution < -0.4 is 15.8 Å². The molecule has 2 aliphatic rings. The first kappa shape index (κ1) is 20.0. The zero-order chi connectivity index (χ0) is 21.4. The van der Waals surface area contributed by atoms with Gasteiger partial charge >= 0.3 is 0 Å². The van der Waals surface area contributed by atoms with Crippen LogP contribution in [-0.4, -0.2) is 71.9 Å². The van der Waals surface area contributed by atoms with E-state index in [1.807, 2.05) is 6.07 Å². The van der Waals surface area contributed by atoms with Gasteiger partial charge in [-0.05, 0) is 31.7 Å². The fourth-order valence-corrected chi connectivity index (χ4v) is 4.22. The van der Waals surface area contributed by atoms with Gasteiger partial charge in [-0.1, -0.05) is 12.1 Å². The van der Waals surface area contributed by atoms with Crippen molar-refractivity contribution in [3.8, 4) is 11.3 Å². The van der Waals surface area contributed by atoms with Gasteiger partial charge in [-0.3, -0.25) is 4.79 Å². The van der Waals surface area contributed by atoms with Gasteiger partial charge in [0.15, 0.2) is 0 Å². The number of aromatic nitrogens is 3. The molecule has 31 heavy (non-hydrogen) atoms. The number of ether oxygens (including phenoxy) is 1. The molecule has 2 fully saturated rings. The van der Waals surface area contributed by atoms with Crippen molar-refractivity contribution in [2.24, 2.45) is 7.05 Å². The molecule has 2 aliphatic heterocycles. The molecule has 162 valence electrons. The minimum atomic E-state index is -0.101. The number of piperazine rings is 1. The second kappa shape index (κ2) is 8.28. The first-order valence-electron chi connectivity index (χ1n) is 10.8. The van der Waals surface area contributed by atoms with Gasteiger partial charge in [-0.2, -0.15) is 0 Å². The van der Waals surface area contributed by atoms with Gasteiger partial charge in [0.25, 0.3) is 5.56 Å². The lowest BCUT2D eigenvalue weighted by Gasteiger charge is -2.34. The molecule has 1 atom stereocenters. The molecule has 8 heteroatoms. The van der Waals surface area contributed by atoms with E-state index in [1.54, 1.807) is 13.4 Å². The summed E-state index contributed by atoms with van der Waals surface area (Å²) in [7, 11) is 3.87. The highest BCUT2D eigenvalue weighted by Crippen LogP contribution is 2.28. The number of rotatable bonds is 4. The summed E-state index contributed by atoms with van der Waals surface area (Å²) in [5, 5.41) is 3.95. The van der Waals surface area contributed by atoms with Gasteiger partial charge < -0.3 is 24.4 Å². The number of aryl methyl sites for hydroxylation is 1. The average molecular weight is 421 g/mol. The molecule has 4 heterocycles. The van der Waals surface area contributed by atoms with E-state index in [0.29, 0.717) is 23.3 Å². The van der Waals surface area contributed by atoms with E-state index in [9.17, 15) is 4.79 Å². The molecule has 1 aromatic carbocycles. The zero-order valence-corrected chi connectivity index (χ0v) is 18.0. The highest BCUT2D eigenvalue weighted by atomic mass is 16.5. The van der Waals surface area contributed by atoms with E-state index in [4.69, 9.17) is 9.72 Å². The van der Waals surface area contributed by atoms with Crippen molar-refractivity contribution in [1.29, 1.82) is 0 Å². The Hall–Kier alpha value is -2.97. The molecule has 0 radical (unpaired) electrons. The van der Waals surface area contributed by atoms with Gasteiger partial charge in [0.2, 0.25) is 0 Å². The van der Waals surface area contributed by atoms with Crippen LogP contribution in [-0.2, 0) is 11.8 Å². The Morgan fingerprint density at radius 1 is 1.10 bits per heavy atom. The summed E-state index contributed by atoms with van der Waals surface area (Å²) in [5.74, 6) is 0.583. The lowest BCUT2D eigenvalue weighted by molar-refractivity contribution is 0.195. The molecular formula is C23H28N6O2. The number of benzene rings is 1. The highest BCUT2D eigenvalue weighted by Gasteiger charge is 2.20. The monoisotopic (exact) mass is 420 g/mol. The number of anilines is 2. The molecule has 8 nitrogen and oxygen atoms in total. The third-order valence-corrected chi connectivity index (χ3v) is 6.20. The third-order valence-electron chi connectivity index (χ3n) is 6.20. The van der Waals surface area contributed by atoms with Gasteiger partial charge in [-0.15, -0.1) is 0 Å². The van der Waals surface area contributed by atoms with Crippen LogP contribution in [0.1, 0.15) is 6.42 Å². The first-order valence-corrected chi connectivity index (χ1v) is 10.8. The van der Waals surface area contributed by atoms with Crippen LogP contribution in [0.5, 0.6) is 0 Å². The molecule has 2 saturated heterocycles. The lowest BCUT2D eigenvalue weighted by Crippen LogP contribution is -2.44. The Balaban J connectivity index is 1.50. The Bertz CT molecular complexity index is 1130. The number of nitrogens with one attached hydrogen (secondary N) is 1. The maximum atomic E-state index is 12.8. The molecule has 0 bridgehead atoms. The van der Waals surface area contributed by atoms with E-state index in [1.165, 1.54) is 10.3 Å². The van der Waals surface area contributed by atoms with Gasteiger partial charge in [0.1, 0.15) is 11.2 Å². The summed E-state index contributed by atoms with van der Waals surface area (Å²) >= 11 is 0. The maximum absolute atomic E-state index is 12.8. The standard InChI is InChI=1S/C23H28N6O2/c1-27-8-10-29(11-9-27)18-5-3-16(4-6-18)19-13-20-21(23(30)28(2)15-24-20)22(26-19)25-17-7-12-31-14-17/h3-6,13,15,17H,7-12,14H2,1-2H3,(H,25,26)/t17-/m1/s1. The van der Waals surface area contributed by atoms with E-state index in [0.717, 1.165) is 50.5 Å². The van der Waals surface area contributed by atoms with Crippen molar-refractivity contribution in [2.75, 3.05) is 56.7 Å². The van der Waals surface area contributed by atoms with Crippen molar-refractivity contribution in [1.82, 2.24) is 19.4 Å². The fourth-order valence-electron chi connectivity index (χ4n) is 4.22. The number of hydrogen-bond donors (Lipinski definition) is 1. The number of pyridine rings is 1. The van der Waals surface area contributed by atoms with Gasteiger partial charge in [0, 0.05) is 51.1 Å². The highest BCUT2D eigenvalue weighted by molar-refractivity contribution is 5.91. The summed E-state index contributed by atoms with van der Waals surface area (Å²) in [6.45, 7) is 5.57. The molecule has 0 unspecified atom stereocenters. The molecule has 0 amide bonds. The molecule has 5 rings (SSSR count). The van der Waals surface area contributed by atoms with Crippen molar-refractivity contribution < 1.29 is 4.74 Å². The van der Waals surface area contributed by atoms with E-state index in [2.05, 4.69) is 51.4 Å². The molecule has 0 spiro atoms. The smallest absolute Gasteiger partial charge is 0.264 e. The molecular weight excluding hydrogens is 392 g/mol. The summed E-state index contributed by atoms with van der Waals surface area (Å²) in [5.41, 5.74) is 3.59. The van der Waals surface area contributed by atoms with Crippen LogP contribution >= 0.6 is 0 Å². The van der Waals surface area contributed by atoms with Crippen molar-refractivity contribution >= 4 is 22.4 Å². The minimum Gasteiger partial charge on any atom is -0.379 e. The quantitative estimate of drug-likeness (QED) is 0.691. The summed E-state index contributed by atoms with van der Waals surface area (Å²) in [6.07, 6.45) is 2.46. The molecule has 2 aromatic heterocycles. The zero-order valence-electron chi connectivity index (χ0n) is 18.0. The predicted octanol–water partition coefficient (Wildman–Crippen LogP) is 1.95. The molecule has 0 aliphatic carbocycles. The number of hydrogen-bond acceptors (Lipinski definition) is 7. The maximum Gasteiger partial charge on any atom is 0.264 e. The Morgan fingerprint density at radius 2 is 1.87 bits per heavy atom. The Labute approximate surface area is 181 Å².